The van der Waals surface area contributed by atoms with E-state index >= 15 is 0 Å². The number of amides is 1. The molecule has 1 aliphatic heterocycles. The van der Waals surface area contributed by atoms with Crippen LogP contribution in [0.3, 0.4) is 0 Å². The molecule has 2 N–H and O–H groups in total. The third kappa shape index (κ3) is 16.0. The highest BCUT2D eigenvalue weighted by Gasteiger charge is 2.25. The first-order chi connectivity index (χ1) is 14.8. The highest BCUT2D eigenvalue weighted by molar-refractivity contribution is 5.67. The van der Waals surface area contributed by atoms with Gasteiger partial charge in [0.05, 0.1) is 18.8 Å². The highest BCUT2D eigenvalue weighted by atomic mass is 16.6. The number of aliphatic hydroxyl groups is 1. The number of alkyl carbamates (subject to hydrolysis) is 1. The molecule has 2 unspecified atom stereocenters. The maximum absolute atomic E-state index is 11.7. The van der Waals surface area contributed by atoms with Gasteiger partial charge in [-0.25, -0.2) is 4.79 Å². The van der Waals surface area contributed by atoms with Crippen LogP contribution in [-0.4, -0.2) is 43.2 Å². The van der Waals surface area contributed by atoms with Gasteiger partial charge in [-0.2, -0.15) is 0 Å². The second-order valence-electron chi connectivity index (χ2n) is 8.97. The molecule has 2 atom stereocenters. The van der Waals surface area contributed by atoms with Crippen molar-refractivity contribution < 1.29 is 19.4 Å². The second kappa shape index (κ2) is 20.1. The van der Waals surface area contributed by atoms with Crippen LogP contribution < -0.4 is 5.32 Å². The molecule has 0 aromatic rings. The van der Waals surface area contributed by atoms with E-state index in [1.54, 1.807) is 0 Å². The summed E-state index contributed by atoms with van der Waals surface area (Å²) in [5.41, 5.74) is 0. The zero-order valence-corrected chi connectivity index (χ0v) is 19.7. The Morgan fingerprint density at radius 1 is 0.800 bits per heavy atom. The summed E-state index contributed by atoms with van der Waals surface area (Å²) in [5, 5.41) is 11.8. The predicted octanol–water partition coefficient (Wildman–Crippen LogP) is 6.51. The molecule has 0 aliphatic carbocycles. The van der Waals surface area contributed by atoms with Gasteiger partial charge < -0.3 is 19.9 Å². The minimum absolute atomic E-state index is 0.0436. The average Bonchev–Trinajstić information content (AvgIpc) is 3.22. The Bertz CT molecular complexity index is 391. The van der Waals surface area contributed by atoms with Crippen LogP contribution in [0, 0.1) is 0 Å². The van der Waals surface area contributed by atoms with Crippen LogP contribution in [0.1, 0.15) is 122 Å². The SMILES string of the molecule is CCCCCCCCCCCCCCCCCCNC(=O)OCC1CCC(CO)O1. The number of carbonyl (C=O) groups is 1. The molecular weight excluding hydrogens is 378 g/mol. The Morgan fingerprint density at radius 2 is 1.27 bits per heavy atom. The van der Waals surface area contributed by atoms with Crippen molar-refractivity contribution in [1.82, 2.24) is 5.32 Å². The first-order valence-corrected chi connectivity index (χ1v) is 12.9. The molecule has 1 fully saturated rings. The minimum atomic E-state index is -0.355. The third-order valence-corrected chi connectivity index (χ3v) is 6.10. The molecule has 5 heteroatoms. The average molecular weight is 428 g/mol. The molecule has 5 nitrogen and oxygen atoms in total. The maximum Gasteiger partial charge on any atom is 0.407 e. The number of unbranched alkanes of at least 4 members (excludes halogenated alkanes) is 15. The smallest absolute Gasteiger partial charge is 0.407 e. The number of rotatable bonds is 20. The van der Waals surface area contributed by atoms with Crippen molar-refractivity contribution in [2.24, 2.45) is 0 Å². The van der Waals surface area contributed by atoms with Gasteiger partial charge in [0, 0.05) is 6.54 Å². The summed E-state index contributed by atoms with van der Waals surface area (Å²) in [6.07, 6.45) is 22.8. The number of nitrogens with one attached hydrogen (secondary N) is 1. The van der Waals surface area contributed by atoms with Crippen molar-refractivity contribution in [3.05, 3.63) is 0 Å². The molecule has 0 saturated carbocycles. The van der Waals surface area contributed by atoms with Crippen LogP contribution in [-0.2, 0) is 9.47 Å². The molecule has 0 bridgehead atoms. The van der Waals surface area contributed by atoms with Crippen molar-refractivity contribution >= 4 is 6.09 Å². The molecule has 0 aromatic heterocycles. The third-order valence-electron chi connectivity index (χ3n) is 6.10. The summed E-state index contributed by atoms with van der Waals surface area (Å²) < 4.78 is 10.7. The van der Waals surface area contributed by atoms with E-state index in [1.165, 1.54) is 96.3 Å². The molecule has 30 heavy (non-hydrogen) atoms. The fourth-order valence-corrected chi connectivity index (χ4v) is 4.12. The van der Waals surface area contributed by atoms with E-state index in [9.17, 15) is 4.79 Å². The van der Waals surface area contributed by atoms with E-state index in [4.69, 9.17) is 14.6 Å². The monoisotopic (exact) mass is 427 g/mol. The molecular formula is C25H49NO4. The van der Waals surface area contributed by atoms with E-state index in [0.29, 0.717) is 6.54 Å². The van der Waals surface area contributed by atoms with Crippen LogP contribution in [0.2, 0.25) is 0 Å². The van der Waals surface area contributed by atoms with Gasteiger partial charge in [0.2, 0.25) is 0 Å². The largest absolute Gasteiger partial charge is 0.447 e. The number of aliphatic hydroxyl groups excluding tert-OH is 1. The van der Waals surface area contributed by atoms with Crippen molar-refractivity contribution in [2.75, 3.05) is 19.8 Å². The van der Waals surface area contributed by atoms with E-state index in [-0.39, 0.29) is 31.5 Å². The summed E-state index contributed by atoms with van der Waals surface area (Å²) in [7, 11) is 0. The van der Waals surface area contributed by atoms with Crippen molar-refractivity contribution in [2.45, 2.75) is 135 Å². The molecule has 0 radical (unpaired) electrons. The summed E-state index contributed by atoms with van der Waals surface area (Å²) in [6, 6.07) is 0. The predicted molar refractivity (Wildman–Crippen MR) is 124 cm³/mol. The number of hydrogen-bond acceptors (Lipinski definition) is 4. The first-order valence-electron chi connectivity index (χ1n) is 12.9. The van der Waals surface area contributed by atoms with Gasteiger partial charge in [-0.15, -0.1) is 0 Å². The van der Waals surface area contributed by atoms with Gasteiger partial charge in [0.1, 0.15) is 6.61 Å². The van der Waals surface area contributed by atoms with E-state index in [2.05, 4.69) is 12.2 Å². The minimum Gasteiger partial charge on any atom is -0.447 e. The number of ether oxygens (including phenoxy) is 2. The molecule has 1 saturated heterocycles. The molecule has 1 heterocycles. The van der Waals surface area contributed by atoms with E-state index in [1.807, 2.05) is 0 Å². The van der Waals surface area contributed by atoms with Crippen LogP contribution in [0.5, 0.6) is 0 Å². The van der Waals surface area contributed by atoms with Crippen LogP contribution in [0.25, 0.3) is 0 Å². The molecule has 178 valence electrons. The Balaban J connectivity index is 1.73. The van der Waals surface area contributed by atoms with Gasteiger partial charge in [-0.3, -0.25) is 0 Å². The number of hydrogen-bond donors (Lipinski definition) is 2. The summed E-state index contributed by atoms with van der Waals surface area (Å²) >= 11 is 0. The highest BCUT2D eigenvalue weighted by Crippen LogP contribution is 2.19. The zero-order valence-electron chi connectivity index (χ0n) is 19.7. The van der Waals surface area contributed by atoms with Crippen LogP contribution in [0.15, 0.2) is 0 Å². The fourth-order valence-electron chi connectivity index (χ4n) is 4.12. The topological polar surface area (TPSA) is 67.8 Å². The lowest BCUT2D eigenvalue weighted by Gasteiger charge is -2.13. The van der Waals surface area contributed by atoms with Crippen LogP contribution >= 0.6 is 0 Å². The van der Waals surface area contributed by atoms with Gasteiger partial charge in [0.15, 0.2) is 0 Å². The Hall–Kier alpha value is -0.810. The van der Waals surface area contributed by atoms with E-state index in [0.717, 1.165) is 19.3 Å². The van der Waals surface area contributed by atoms with Crippen molar-refractivity contribution in [3.8, 4) is 0 Å². The number of carbonyl (C=O) groups excluding carboxylic acids is 1. The van der Waals surface area contributed by atoms with Gasteiger partial charge in [-0.05, 0) is 19.3 Å². The van der Waals surface area contributed by atoms with Gasteiger partial charge in [-0.1, -0.05) is 103 Å². The molecule has 1 rings (SSSR count). The second-order valence-corrected chi connectivity index (χ2v) is 8.97. The van der Waals surface area contributed by atoms with Crippen molar-refractivity contribution in [3.63, 3.8) is 0 Å². The Labute approximate surface area is 185 Å². The first kappa shape index (κ1) is 27.2. The molecule has 0 aromatic carbocycles. The molecule has 1 aliphatic rings. The zero-order chi connectivity index (χ0) is 21.7. The van der Waals surface area contributed by atoms with Crippen LogP contribution in [0.4, 0.5) is 4.79 Å². The maximum atomic E-state index is 11.7. The van der Waals surface area contributed by atoms with E-state index < -0.39 is 0 Å². The lowest BCUT2D eigenvalue weighted by atomic mass is 10.0. The summed E-state index contributed by atoms with van der Waals surface area (Å²) in [4.78, 5) is 11.7. The lowest BCUT2D eigenvalue weighted by Crippen LogP contribution is -2.29. The lowest BCUT2D eigenvalue weighted by molar-refractivity contribution is -0.0161. The molecule has 0 spiro atoms. The summed E-state index contributed by atoms with van der Waals surface area (Å²) in [5.74, 6) is 0. The standard InChI is InChI=1S/C25H49NO4/c1-2-3-4-5-6-7-8-9-10-11-12-13-14-15-16-17-20-26-25(28)29-22-24-19-18-23(21-27)30-24/h23-24,27H,2-22H2,1H3,(H,26,28). The quantitative estimate of drug-likeness (QED) is 0.217. The van der Waals surface area contributed by atoms with Crippen molar-refractivity contribution in [1.29, 1.82) is 0 Å². The van der Waals surface area contributed by atoms with Gasteiger partial charge >= 0.3 is 6.09 Å². The summed E-state index contributed by atoms with van der Waals surface area (Å²) in [6.45, 7) is 3.28. The van der Waals surface area contributed by atoms with Gasteiger partial charge in [0.25, 0.3) is 0 Å². The normalized spacial score (nSPS) is 18.6. The Kier molecular flexibility index (Phi) is 18.3. The molecule has 1 amide bonds. The fraction of sp³-hybridized carbons (Fsp3) is 0.960. The Morgan fingerprint density at radius 3 is 1.73 bits per heavy atom.